The molecule has 0 spiro atoms. The summed E-state index contributed by atoms with van der Waals surface area (Å²) < 4.78 is 23.2. The van der Waals surface area contributed by atoms with E-state index in [-0.39, 0.29) is 16.7 Å². The van der Waals surface area contributed by atoms with Crippen LogP contribution >= 0.6 is 27.5 Å². The fourth-order valence-electron chi connectivity index (χ4n) is 2.36. The minimum atomic E-state index is -2.29. The lowest BCUT2D eigenvalue weighted by molar-refractivity contribution is 0.0988. The highest BCUT2D eigenvalue weighted by Gasteiger charge is 2.20. The van der Waals surface area contributed by atoms with Gasteiger partial charge in [0.1, 0.15) is 0 Å². The minimum Gasteiger partial charge on any atom is -0.771 e. The summed E-state index contributed by atoms with van der Waals surface area (Å²) in [6, 6.07) is 12.8. The van der Waals surface area contributed by atoms with Crippen molar-refractivity contribution in [3.05, 3.63) is 63.1 Å². The number of hydrogen-bond donors (Lipinski definition) is 0. The zero-order valence-electron chi connectivity index (χ0n) is 13.0. The number of Topliss-reactive ketones (excluding diaryl/α,β-unsaturated/α-hetero) is 1. The van der Waals surface area contributed by atoms with E-state index in [0.717, 1.165) is 5.56 Å². The van der Waals surface area contributed by atoms with Crippen molar-refractivity contribution in [2.75, 3.05) is 10.8 Å². The fourth-order valence-corrected chi connectivity index (χ4v) is 3.92. The van der Waals surface area contributed by atoms with Crippen LogP contribution in [-0.2, 0) is 17.6 Å². The highest BCUT2D eigenvalue weighted by Crippen LogP contribution is 2.38. The van der Waals surface area contributed by atoms with Crippen LogP contribution in [0.5, 0.6) is 0 Å². The van der Waals surface area contributed by atoms with Gasteiger partial charge in [0.2, 0.25) is 0 Å². The van der Waals surface area contributed by atoms with Crippen LogP contribution in [0.2, 0.25) is 5.02 Å². The number of rotatable bonds is 7. The molecule has 4 nitrogen and oxygen atoms in total. The van der Waals surface area contributed by atoms with Gasteiger partial charge in [-0.15, -0.1) is 0 Å². The van der Waals surface area contributed by atoms with E-state index in [1.54, 1.807) is 24.0 Å². The van der Waals surface area contributed by atoms with E-state index in [2.05, 4.69) is 15.9 Å². The minimum absolute atomic E-state index is 0.0864. The molecule has 0 fully saturated rings. The number of carbonyl (C=O) groups is 1. The lowest BCUT2D eigenvalue weighted by Crippen LogP contribution is -2.27. The van der Waals surface area contributed by atoms with Gasteiger partial charge in [-0.05, 0) is 44.7 Å². The van der Waals surface area contributed by atoms with Gasteiger partial charge in [-0.3, -0.25) is 9.00 Å². The SMILES string of the molecule is CCC(=O)c1ccc(Br)c(N(Cc2ccccc2)CS(=O)[O-])c1Cl. The number of halogens is 2. The van der Waals surface area contributed by atoms with E-state index in [0.29, 0.717) is 28.7 Å². The molecule has 0 aliphatic carbocycles. The average Bonchev–Trinajstić information content (AvgIpc) is 2.54. The zero-order chi connectivity index (χ0) is 17.7. The smallest absolute Gasteiger partial charge is 0.164 e. The van der Waals surface area contributed by atoms with Crippen LogP contribution in [0.15, 0.2) is 46.9 Å². The molecule has 2 rings (SSSR count). The number of hydrogen-bond acceptors (Lipinski definition) is 4. The van der Waals surface area contributed by atoms with Gasteiger partial charge >= 0.3 is 0 Å². The molecule has 0 radical (unpaired) electrons. The van der Waals surface area contributed by atoms with E-state index in [9.17, 15) is 13.6 Å². The molecule has 128 valence electrons. The van der Waals surface area contributed by atoms with E-state index in [1.165, 1.54) is 0 Å². The number of benzene rings is 2. The fraction of sp³-hybridized carbons (Fsp3) is 0.235. The Balaban J connectivity index is 2.49. The van der Waals surface area contributed by atoms with Gasteiger partial charge < -0.3 is 9.45 Å². The summed E-state index contributed by atoms with van der Waals surface area (Å²) in [7, 11) is 0. The molecule has 0 bridgehead atoms. The van der Waals surface area contributed by atoms with E-state index in [1.807, 2.05) is 30.3 Å². The third-order valence-electron chi connectivity index (χ3n) is 3.48. The molecule has 1 atom stereocenters. The Morgan fingerprint density at radius 3 is 2.50 bits per heavy atom. The molecule has 0 aliphatic heterocycles. The maximum atomic E-state index is 12.1. The number of carbonyl (C=O) groups excluding carboxylic acids is 1. The van der Waals surface area contributed by atoms with Gasteiger partial charge in [0.15, 0.2) is 5.78 Å². The second kappa shape index (κ2) is 8.76. The first-order valence-corrected chi connectivity index (χ1v) is 9.71. The molecule has 7 heteroatoms. The third-order valence-corrected chi connectivity index (χ3v) is 5.03. The Hall–Kier alpha value is -1.21. The molecular weight excluding hydrogens is 414 g/mol. The molecular formula is C17H16BrClNO3S-. The highest BCUT2D eigenvalue weighted by atomic mass is 79.9. The van der Waals surface area contributed by atoms with E-state index in [4.69, 9.17) is 11.6 Å². The lowest BCUT2D eigenvalue weighted by atomic mass is 10.1. The Morgan fingerprint density at radius 1 is 1.25 bits per heavy atom. The van der Waals surface area contributed by atoms with Gasteiger partial charge in [0.25, 0.3) is 0 Å². The van der Waals surface area contributed by atoms with Crippen LogP contribution in [-0.4, -0.2) is 20.4 Å². The van der Waals surface area contributed by atoms with Crippen LogP contribution in [0.3, 0.4) is 0 Å². The van der Waals surface area contributed by atoms with E-state index < -0.39 is 11.1 Å². The lowest BCUT2D eigenvalue weighted by Gasteiger charge is -2.28. The van der Waals surface area contributed by atoms with Gasteiger partial charge in [-0.1, -0.05) is 48.9 Å². The summed E-state index contributed by atoms with van der Waals surface area (Å²) in [5.74, 6) is -0.312. The summed E-state index contributed by atoms with van der Waals surface area (Å²) in [6.45, 7) is 2.12. The molecule has 0 aromatic heterocycles. The van der Waals surface area contributed by atoms with Crippen LogP contribution in [0.4, 0.5) is 5.69 Å². The van der Waals surface area contributed by atoms with Crippen molar-refractivity contribution < 1.29 is 13.6 Å². The first-order valence-electron chi connectivity index (χ1n) is 7.30. The summed E-state index contributed by atoms with van der Waals surface area (Å²) in [5.41, 5.74) is 1.84. The average molecular weight is 430 g/mol. The molecule has 0 saturated carbocycles. The zero-order valence-corrected chi connectivity index (χ0v) is 16.2. The number of ketones is 1. The predicted octanol–water partition coefficient (Wildman–Crippen LogP) is 4.54. The molecule has 24 heavy (non-hydrogen) atoms. The van der Waals surface area contributed by atoms with Crippen LogP contribution in [0, 0.1) is 0 Å². The molecule has 0 amide bonds. The second-order valence-electron chi connectivity index (χ2n) is 5.15. The van der Waals surface area contributed by atoms with Crippen molar-refractivity contribution in [1.82, 2.24) is 0 Å². The molecule has 0 saturated heterocycles. The standard InChI is InChI=1S/C17H17BrClNO3S/c1-2-15(21)13-8-9-14(18)17(16(13)19)20(11-24(22)23)10-12-6-4-3-5-7-12/h3-9H,2,10-11H2,1H3,(H,22,23)/p-1. The Morgan fingerprint density at radius 2 is 1.92 bits per heavy atom. The number of anilines is 1. The van der Waals surface area contributed by atoms with Crippen molar-refractivity contribution in [3.8, 4) is 0 Å². The molecule has 0 aliphatic rings. The summed E-state index contributed by atoms with van der Waals surface area (Å²) in [6.07, 6.45) is 0.326. The topological polar surface area (TPSA) is 60.4 Å². The summed E-state index contributed by atoms with van der Waals surface area (Å²) >= 11 is 7.56. The Bertz CT molecular complexity index is 755. The molecule has 1 unspecified atom stereocenters. The van der Waals surface area contributed by atoms with Crippen molar-refractivity contribution in [1.29, 1.82) is 0 Å². The monoisotopic (exact) mass is 428 g/mol. The summed E-state index contributed by atoms with van der Waals surface area (Å²) in [4.78, 5) is 13.7. The van der Waals surface area contributed by atoms with E-state index >= 15 is 0 Å². The van der Waals surface area contributed by atoms with Crippen molar-refractivity contribution in [2.24, 2.45) is 0 Å². The van der Waals surface area contributed by atoms with Crippen LogP contribution in [0.1, 0.15) is 29.3 Å². The molecule has 2 aromatic rings. The van der Waals surface area contributed by atoms with Crippen molar-refractivity contribution in [3.63, 3.8) is 0 Å². The van der Waals surface area contributed by atoms with Crippen molar-refractivity contribution >= 4 is 50.1 Å². The quantitative estimate of drug-likeness (QED) is 0.479. The molecule has 0 heterocycles. The normalized spacial score (nSPS) is 12.0. The van der Waals surface area contributed by atoms with Gasteiger partial charge in [0, 0.05) is 23.0 Å². The largest absolute Gasteiger partial charge is 0.771 e. The van der Waals surface area contributed by atoms with Gasteiger partial charge in [0.05, 0.1) is 16.6 Å². The number of nitrogens with zero attached hydrogens (tertiary/aromatic N) is 1. The maximum Gasteiger partial charge on any atom is 0.164 e. The molecule has 2 aromatic carbocycles. The van der Waals surface area contributed by atoms with Gasteiger partial charge in [-0.2, -0.15) is 0 Å². The first kappa shape index (κ1) is 19.1. The predicted molar refractivity (Wildman–Crippen MR) is 100 cm³/mol. The summed E-state index contributed by atoms with van der Waals surface area (Å²) in [5, 5.41) is 0.262. The second-order valence-corrected chi connectivity index (χ2v) is 7.25. The van der Waals surface area contributed by atoms with Crippen molar-refractivity contribution in [2.45, 2.75) is 19.9 Å². The van der Waals surface area contributed by atoms with Gasteiger partial charge in [-0.25, -0.2) is 0 Å². The maximum absolute atomic E-state index is 12.1. The Labute approximate surface area is 157 Å². The highest BCUT2D eigenvalue weighted by molar-refractivity contribution is 9.10. The first-order chi connectivity index (χ1) is 11.4. The van der Waals surface area contributed by atoms with Crippen LogP contribution in [0.25, 0.3) is 0 Å². The molecule has 0 N–H and O–H groups in total. The Kier molecular flexibility index (Phi) is 6.98. The van der Waals surface area contributed by atoms with Crippen LogP contribution < -0.4 is 4.90 Å². The third kappa shape index (κ3) is 4.66.